The van der Waals surface area contributed by atoms with Crippen molar-refractivity contribution in [2.75, 3.05) is 18.0 Å². The van der Waals surface area contributed by atoms with Crippen molar-refractivity contribution in [2.24, 2.45) is 0 Å². The minimum atomic E-state index is 0.274. The Morgan fingerprint density at radius 3 is 2.95 bits per heavy atom. The number of aryl methyl sites for hydroxylation is 1. The van der Waals surface area contributed by atoms with Crippen molar-refractivity contribution in [2.45, 2.75) is 45.7 Å². The molecule has 2 unspecified atom stereocenters. The maximum atomic E-state index is 9.06. The fraction of sp³-hybridized carbons (Fsp3) is 0.562. The zero-order valence-corrected chi connectivity index (χ0v) is 12.1. The van der Waals surface area contributed by atoms with E-state index in [9.17, 15) is 0 Å². The largest absolute Gasteiger partial charge is 0.366 e. The molecule has 0 aromatic heterocycles. The van der Waals surface area contributed by atoms with Gasteiger partial charge in [0.1, 0.15) is 0 Å². The Hall–Kier alpha value is -1.53. The van der Waals surface area contributed by atoms with Crippen molar-refractivity contribution >= 4 is 5.69 Å². The molecule has 102 valence electrons. The third-order valence-corrected chi connectivity index (χ3v) is 4.16. The van der Waals surface area contributed by atoms with Crippen molar-refractivity contribution in [3.63, 3.8) is 0 Å². The molecule has 1 aliphatic heterocycles. The average Bonchev–Trinajstić information content (AvgIpc) is 2.57. The van der Waals surface area contributed by atoms with Crippen LogP contribution >= 0.6 is 0 Å². The van der Waals surface area contributed by atoms with Gasteiger partial charge in [-0.3, -0.25) is 0 Å². The highest BCUT2D eigenvalue weighted by molar-refractivity contribution is 5.57. The first kappa shape index (κ1) is 13.9. The van der Waals surface area contributed by atoms with Crippen LogP contribution in [0.3, 0.4) is 0 Å². The highest BCUT2D eigenvalue weighted by atomic mass is 15.2. The van der Waals surface area contributed by atoms with Crippen LogP contribution in [0.1, 0.15) is 30.9 Å². The molecule has 1 aliphatic rings. The number of anilines is 1. The summed E-state index contributed by atoms with van der Waals surface area (Å²) in [5.74, 6) is 0. The van der Waals surface area contributed by atoms with Crippen LogP contribution in [0.25, 0.3) is 0 Å². The Balaban J connectivity index is 2.32. The highest BCUT2D eigenvalue weighted by Gasteiger charge is 2.24. The van der Waals surface area contributed by atoms with Crippen LogP contribution in [0.5, 0.6) is 0 Å². The van der Waals surface area contributed by atoms with Crippen molar-refractivity contribution < 1.29 is 0 Å². The molecule has 3 nitrogen and oxygen atoms in total. The van der Waals surface area contributed by atoms with Crippen LogP contribution in [0.15, 0.2) is 18.2 Å². The van der Waals surface area contributed by atoms with Gasteiger partial charge < -0.3 is 10.2 Å². The van der Waals surface area contributed by atoms with E-state index >= 15 is 0 Å². The van der Waals surface area contributed by atoms with E-state index in [4.69, 9.17) is 5.26 Å². The molecule has 3 heteroatoms. The molecule has 2 atom stereocenters. The lowest BCUT2D eigenvalue weighted by molar-refractivity contribution is 0.538. The average molecular weight is 257 g/mol. The molecule has 0 bridgehead atoms. The van der Waals surface area contributed by atoms with E-state index in [0.717, 1.165) is 19.5 Å². The Morgan fingerprint density at radius 1 is 1.42 bits per heavy atom. The summed E-state index contributed by atoms with van der Waals surface area (Å²) in [5.41, 5.74) is 3.94. The van der Waals surface area contributed by atoms with E-state index in [0.29, 0.717) is 12.5 Å². The molecule has 0 amide bonds. The third kappa shape index (κ3) is 3.08. The van der Waals surface area contributed by atoms with Gasteiger partial charge in [0.25, 0.3) is 0 Å². The summed E-state index contributed by atoms with van der Waals surface area (Å²) in [6.07, 6.45) is 1.70. The molecular formula is C16H23N3. The number of nitrogens with zero attached hydrogens (tertiary/aromatic N) is 2. The second kappa shape index (κ2) is 6.08. The number of hydrogen-bond acceptors (Lipinski definition) is 3. The standard InChI is InChI=1S/C16H23N3/c1-12-5-4-6-16(14(12)3)19-10-8-13(2)18-11-15(19)7-9-17/h4-6,13,15,18H,7-8,10-11H2,1-3H3. The zero-order chi connectivity index (χ0) is 13.8. The fourth-order valence-electron chi connectivity index (χ4n) is 2.72. The van der Waals surface area contributed by atoms with Crippen LogP contribution in [0.2, 0.25) is 0 Å². The minimum absolute atomic E-state index is 0.274. The van der Waals surface area contributed by atoms with Crippen LogP contribution in [-0.4, -0.2) is 25.2 Å². The lowest BCUT2D eigenvalue weighted by Gasteiger charge is -2.32. The van der Waals surface area contributed by atoms with E-state index in [1.165, 1.54) is 16.8 Å². The summed E-state index contributed by atoms with van der Waals surface area (Å²) in [6, 6.07) is 9.58. The van der Waals surface area contributed by atoms with Crippen molar-refractivity contribution in [3.8, 4) is 6.07 Å². The van der Waals surface area contributed by atoms with Crippen molar-refractivity contribution in [3.05, 3.63) is 29.3 Å². The molecule has 0 saturated carbocycles. The predicted octanol–water partition coefficient (Wildman–Crippen LogP) is 2.77. The van der Waals surface area contributed by atoms with Crippen LogP contribution < -0.4 is 10.2 Å². The molecule has 1 saturated heterocycles. The van der Waals surface area contributed by atoms with Gasteiger partial charge in [0, 0.05) is 24.8 Å². The number of benzene rings is 1. The van der Waals surface area contributed by atoms with Crippen molar-refractivity contribution in [1.29, 1.82) is 5.26 Å². The molecule has 1 heterocycles. The van der Waals surface area contributed by atoms with E-state index in [1.807, 2.05) is 0 Å². The summed E-state index contributed by atoms with van der Waals surface area (Å²) in [5, 5.41) is 12.6. The maximum Gasteiger partial charge on any atom is 0.0643 e. The van der Waals surface area contributed by atoms with E-state index in [1.54, 1.807) is 0 Å². The monoisotopic (exact) mass is 257 g/mol. The normalized spacial score (nSPS) is 23.8. The summed E-state index contributed by atoms with van der Waals surface area (Å²) < 4.78 is 0. The SMILES string of the molecule is Cc1cccc(N2CCC(C)NCC2CC#N)c1C. The van der Waals surface area contributed by atoms with Gasteiger partial charge >= 0.3 is 0 Å². The van der Waals surface area contributed by atoms with E-state index < -0.39 is 0 Å². The lowest BCUT2D eigenvalue weighted by Crippen LogP contribution is -2.40. The fourth-order valence-corrected chi connectivity index (χ4v) is 2.72. The lowest BCUT2D eigenvalue weighted by atomic mass is 10.0. The van der Waals surface area contributed by atoms with E-state index in [-0.39, 0.29) is 6.04 Å². The van der Waals surface area contributed by atoms with Gasteiger partial charge in [0.05, 0.1) is 18.5 Å². The quantitative estimate of drug-likeness (QED) is 0.885. The molecule has 2 rings (SSSR count). The molecule has 1 N–H and O–H groups in total. The van der Waals surface area contributed by atoms with E-state index in [2.05, 4.69) is 55.3 Å². The molecule has 0 spiro atoms. The molecule has 0 aliphatic carbocycles. The van der Waals surface area contributed by atoms with Crippen LogP contribution in [-0.2, 0) is 0 Å². The molecule has 1 fully saturated rings. The van der Waals surface area contributed by atoms with Gasteiger partial charge in [-0.1, -0.05) is 12.1 Å². The molecule has 19 heavy (non-hydrogen) atoms. The number of rotatable bonds is 2. The Bertz CT molecular complexity index is 475. The summed E-state index contributed by atoms with van der Waals surface area (Å²) in [4.78, 5) is 2.42. The van der Waals surface area contributed by atoms with Gasteiger partial charge in [-0.05, 0) is 44.4 Å². The van der Waals surface area contributed by atoms with Gasteiger partial charge in [0.2, 0.25) is 0 Å². The van der Waals surface area contributed by atoms with Crippen LogP contribution in [0, 0.1) is 25.2 Å². The predicted molar refractivity (Wildman–Crippen MR) is 79.4 cm³/mol. The Labute approximate surface area is 116 Å². The number of hydrogen-bond donors (Lipinski definition) is 1. The molecular weight excluding hydrogens is 234 g/mol. The van der Waals surface area contributed by atoms with Crippen molar-refractivity contribution in [1.82, 2.24) is 5.32 Å². The smallest absolute Gasteiger partial charge is 0.0643 e. The Kier molecular flexibility index (Phi) is 4.44. The summed E-state index contributed by atoms with van der Waals surface area (Å²) in [7, 11) is 0. The van der Waals surface area contributed by atoms with Gasteiger partial charge in [0.15, 0.2) is 0 Å². The maximum absolute atomic E-state index is 9.06. The second-order valence-electron chi connectivity index (χ2n) is 5.53. The minimum Gasteiger partial charge on any atom is -0.366 e. The first-order valence-electron chi connectivity index (χ1n) is 7.06. The second-order valence-corrected chi connectivity index (χ2v) is 5.53. The first-order chi connectivity index (χ1) is 9.13. The summed E-state index contributed by atoms with van der Waals surface area (Å²) >= 11 is 0. The van der Waals surface area contributed by atoms with Crippen LogP contribution in [0.4, 0.5) is 5.69 Å². The topological polar surface area (TPSA) is 39.1 Å². The number of nitrogens with one attached hydrogen (secondary N) is 1. The third-order valence-electron chi connectivity index (χ3n) is 4.16. The van der Waals surface area contributed by atoms with Gasteiger partial charge in [-0.15, -0.1) is 0 Å². The molecule has 0 radical (unpaired) electrons. The number of nitriles is 1. The highest BCUT2D eigenvalue weighted by Crippen LogP contribution is 2.26. The summed E-state index contributed by atoms with van der Waals surface area (Å²) in [6.45, 7) is 8.45. The van der Waals surface area contributed by atoms with Gasteiger partial charge in [-0.2, -0.15) is 5.26 Å². The van der Waals surface area contributed by atoms with Gasteiger partial charge in [-0.25, -0.2) is 0 Å². The molecule has 1 aromatic rings. The first-order valence-corrected chi connectivity index (χ1v) is 7.06. The Morgan fingerprint density at radius 2 is 2.21 bits per heavy atom. The zero-order valence-electron chi connectivity index (χ0n) is 12.1. The molecule has 1 aromatic carbocycles.